The topological polar surface area (TPSA) is 37.4 Å². The molecular weight excluding hydrogens is 484 g/mol. The lowest BCUT2D eigenvalue weighted by atomic mass is 9.84. The normalized spacial score (nSPS) is 21.9. The summed E-state index contributed by atoms with van der Waals surface area (Å²) < 4.78 is 82.5. The van der Waals surface area contributed by atoms with E-state index in [9.17, 15) is 35.9 Å². The molecule has 0 saturated carbocycles. The fraction of sp³-hybridized carbons (Fsp3) is 0.407. The zero-order valence-corrected chi connectivity index (χ0v) is 19.2. The van der Waals surface area contributed by atoms with Gasteiger partial charge in [0, 0.05) is 29.8 Å². The molecule has 9 heteroatoms. The van der Waals surface area contributed by atoms with Crippen LogP contribution in [0.25, 0.3) is 0 Å². The number of Topliss-reactive ketones (excluding diaryl/α,β-unsaturated/α-hetero) is 2. The quantitative estimate of drug-likeness (QED) is 0.341. The number of hydrogen-bond donors (Lipinski definition) is 0. The van der Waals surface area contributed by atoms with Gasteiger partial charge in [-0.15, -0.1) is 0 Å². The Labute approximate surface area is 203 Å². The molecule has 2 aromatic carbocycles. The van der Waals surface area contributed by atoms with E-state index in [0.29, 0.717) is 5.69 Å². The smallest absolute Gasteiger partial charge is 0.366 e. The van der Waals surface area contributed by atoms with Gasteiger partial charge in [0.15, 0.2) is 11.6 Å². The van der Waals surface area contributed by atoms with Crippen LogP contribution in [0.5, 0.6) is 0 Å². The summed E-state index contributed by atoms with van der Waals surface area (Å²) in [6.45, 7) is 0. The van der Waals surface area contributed by atoms with Crippen molar-refractivity contribution < 1.29 is 35.9 Å². The first kappa shape index (κ1) is 24.6. The predicted molar refractivity (Wildman–Crippen MR) is 121 cm³/mol. The van der Waals surface area contributed by atoms with E-state index in [1.807, 2.05) is 4.90 Å². The van der Waals surface area contributed by atoms with Crippen molar-refractivity contribution in [1.29, 1.82) is 0 Å². The summed E-state index contributed by atoms with van der Waals surface area (Å²) in [7, 11) is 0. The minimum Gasteiger partial charge on any atom is -0.366 e. The maximum Gasteiger partial charge on any atom is 0.417 e. The van der Waals surface area contributed by atoms with Crippen LogP contribution in [0.1, 0.15) is 64.7 Å². The van der Waals surface area contributed by atoms with Crippen LogP contribution in [0.15, 0.2) is 48.0 Å². The third-order valence-electron chi connectivity index (χ3n) is 7.50. The number of anilines is 1. The number of carbonyl (C=O) groups is 2. The van der Waals surface area contributed by atoms with Crippen LogP contribution in [0.3, 0.4) is 0 Å². The Balaban J connectivity index is 1.44. The number of hydrogen-bond acceptors (Lipinski definition) is 3. The molecule has 2 aliphatic heterocycles. The summed E-state index contributed by atoms with van der Waals surface area (Å²) in [5.74, 6) is -2.04. The molecule has 0 spiro atoms. The van der Waals surface area contributed by atoms with E-state index < -0.39 is 52.6 Å². The Bertz CT molecular complexity index is 1240. The van der Waals surface area contributed by atoms with Gasteiger partial charge in [0.2, 0.25) is 0 Å². The molecular formula is C27H23F6NO2. The van der Waals surface area contributed by atoms with Gasteiger partial charge in [-0.2, -0.15) is 26.3 Å². The number of allylic oxidation sites excluding steroid dienone is 2. The number of alkyl halides is 6. The van der Waals surface area contributed by atoms with Gasteiger partial charge in [0.1, 0.15) is 0 Å². The Morgan fingerprint density at radius 2 is 1.56 bits per heavy atom. The van der Waals surface area contributed by atoms with Crippen molar-refractivity contribution >= 4 is 17.3 Å². The van der Waals surface area contributed by atoms with Crippen LogP contribution in [-0.2, 0) is 30.0 Å². The van der Waals surface area contributed by atoms with Gasteiger partial charge in [-0.3, -0.25) is 9.59 Å². The van der Waals surface area contributed by atoms with E-state index >= 15 is 0 Å². The van der Waals surface area contributed by atoms with Crippen molar-refractivity contribution in [3.8, 4) is 0 Å². The van der Waals surface area contributed by atoms with Crippen molar-refractivity contribution in [3.63, 3.8) is 0 Å². The van der Waals surface area contributed by atoms with Crippen molar-refractivity contribution in [2.75, 3.05) is 4.90 Å². The highest BCUT2D eigenvalue weighted by atomic mass is 19.4. The molecule has 0 aromatic heterocycles. The second-order valence-electron chi connectivity index (χ2n) is 9.65. The van der Waals surface area contributed by atoms with Crippen LogP contribution < -0.4 is 4.90 Å². The zero-order valence-electron chi connectivity index (χ0n) is 19.2. The van der Waals surface area contributed by atoms with Gasteiger partial charge in [0.05, 0.1) is 16.7 Å². The highest BCUT2D eigenvalue weighted by molar-refractivity contribution is 6.28. The van der Waals surface area contributed by atoms with Crippen molar-refractivity contribution in [2.45, 2.75) is 69.4 Å². The SMILES string of the molecule is O=C(Cc1ccc(N2C3CCCC2CC3)cc1C(F)(F)F)C1=CCc2cccc(C(F)(F)F)c2C1=O. The van der Waals surface area contributed by atoms with E-state index in [0.717, 1.165) is 44.2 Å². The summed E-state index contributed by atoms with van der Waals surface area (Å²) in [4.78, 5) is 27.9. The zero-order chi connectivity index (χ0) is 25.8. The molecule has 2 atom stereocenters. The van der Waals surface area contributed by atoms with E-state index in [2.05, 4.69) is 0 Å². The number of ketones is 2. The van der Waals surface area contributed by atoms with E-state index in [4.69, 9.17) is 0 Å². The maximum absolute atomic E-state index is 14.0. The van der Waals surface area contributed by atoms with Crippen molar-refractivity contribution in [2.24, 2.45) is 0 Å². The van der Waals surface area contributed by atoms with Crippen LogP contribution in [-0.4, -0.2) is 23.7 Å². The summed E-state index contributed by atoms with van der Waals surface area (Å²) in [6.07, 6.45) is -4.38. The highest BCUT2D eigenvalue weighted by Gasteiger charge is 2.41. The van der Waals surface area contributed by atoms with Crippen LogP contribution in [0, 0.1) is 0 Å². The molecule has 190 valence electrons. The highest BCUT2D eigenvalue weighted by Crippen LogP contribution is 2.42. The largest absolute Gasteiger partial charge is 0.417 e. The summed E-state index contributed by atoms with van der Waals surface area (Å²) in [6, 6.07) is 7.60. The number of halogens is 6. The Morgan fingerprint density at radius 1 is 0.889 bits per heavy atom. The fourth-order valence-electron chi connectivity index (χ4n) is 5.90. The summed E-state index contributed by atoms with van der Waals surface area (Å²) >= 11 is 0. The van der Waals surface area contributed by atoms with Gasteiger partial charge < -0.3 is 4.90 Å². The number of piperidine rings is 1. The molecule has 2 heterocycles. The molecule has 0 N–H and O–H groups in total. The molecule has 0 radical (unpaired) electrons. The molecule has 2 saturated heterocycles. The minimum atomic E-state index is -4.81. The average Bonchev–Trinajstić information content (AvgIpc) is 3.05. The Morgan fingerprint density at radius 3 is 2.19 bits per heavy atom. The lowest BCUT2D eigenvalue weighted by molar-refractivity contribution is -0.139. The molecule has 5 rings (SSSR count). The summed E-state index contributed by atoms with van der Waals surface area (Å²) in [5, 5.41) is 0. The van der Waals surface area contributed by atoms with E-state index in [-0.39, 0.29) is 29.6 Å². The minimum absolute atomic E-state index is 0.0884. The first-order chi connectivity index (χ1) is 16.9. The molecule has 1 aliphatic carbocycles. The first-order valence-electron chi connectivity index (χ1n) is 11.9. The van der Waals surface area contributed by atoms with Crippen LogP contribution in [0.4, 0.5) is 32.0 Å². The first-order valence-corrected chi connectivity index (χ1v) is 11.9. The maximum atomic E-state index is 14.0. The van der Waals surface area contributed by atoms with E-state index in [1.54, 1.807) is 6.07 Å². The monoisotopic (exact) mass is 507 g/mol. The van der Waals surface area contributed by atoms with Crippen molar-refractivity contribution in [3.05, 3.63) is 75.9 Å². The number of nitrogens with zero attached hydrogens (tertiary/aromatic N) is 1. The number of fused-ring (bicyclic) bond motifs is 3. The molecule has 2 unspecified atom stereocenters. The van der Waals surface area contributed by atoms with E-state index in [1.165, 1.54) is 24.3 Å². The third-order valence-corrected chi connectivity index (χ3v) is 7.50. The molecule has 3 nitrogen and oxygen atoms in total. The molecule has 36 heavy (non-hydrogen) atoms. The number of benzene rings is 2. The predicted octanol–water partition coefficient (Wildman–Crippen LogP) is 6.72. The average molecular weight is 507 g/mol. The van der Waals surface area contributed by atoms with Gasteiger partial charge >= 0.3 is 12.4 Å². The second kappa shape index (κ2) is 8.78. The standard InChI is InChI=1S/C27H23F6NO2/c28-26(29,30)21-6-1-3-15-8-12-20(25(36)24(15)21)23(35)13-16-7-9-19(14-22(16)27(31,32)33)34-17-4-2-5-18(34)11-10-17/h1,3,6-7,9,12,14,17-18H,2,4-5,8,10-11,13H2. The molecule has 2 bridgehead atoms. The van der Waals surface area contributed by atoms with Gasteiger partial charge in [-0.1, -0.05) is 24.3 Å². The molecule has 2 aromatic rings. The lowest BCUT2D eigenvalue weighted by Gasteiger charge is -2.37. The van der Waals surface area contributed by atoms with Crippen LogP contribution >= 0.6 is 0 Å². The lowest BCUT2D eigenvalue weighted by Crippen LogP contribution is -2.39. The van der Waals surface area contributed by atoms with Gasteiger partial charge in [0.25, 0.3) is 0 Å². The summed E-state index contributed by atoms with van der Waals surface area (Å²) in [5.41, 5.74) is -2.94. The van der Waals surface area contributed by atoms with Gasteiger partial charge in [-0.25, -0.2) is 0 Å². The second-order valence-corrected chi connectivity index (χ2v) is 9.65. The van der Waals surface area contributed by atoms with Gasteiger partial charge in [-0.05, 0) is 67.9 Å². The fourth-order valence-corrected chi connectivity index (χ4v) is 5.90. The molecule has 3 aliphatic rings. The number of carbonyl (C=O) groups excluding carboxylic acids is 2. The Hall–Kier alpha value is -3.10. The third kappa shape index (κ3) is 4.33. The number of rotatable bonds is 4. The molecule has 0 amide bonds. The van der Waals surface area contributed by atoms with Crippen LogP contribution in [0.2, 0.25) is 0 Å². The van der Waals surface area contributed by atoms with Crippen molar-refractivity contribution in [1.82, 2.24) is 0 Å². The Kier molecular flexibility index (Phi) is 6.00. The molecule has 2 fully saturated rings.